The predicted molar refractivity (Wildman–Crippen MR) is 107 cm³/mol. The summed E-state index contributed by atoms with van der Waals surface area (Å²) >= 11 is 7.92. The van der Waals surface area contributed by atoms with Crippen molar-refractivity contribution in [2.24, 2.45) is 16.6 Å². The molecule has 134 valence electrons. The third-order valence-electron chi connectivity index (χ3n) is 5.86. The van der Waals surface area contributed by atoms with Crippen molar-refractivity contribution >= 4 is 28.9 Å². The van der Waals surface area contributed by atoms with Crippen molar-refractivity contribution in [3.8, 4) is 16.9 Å². The highest BCUT2D eigenvalue weighted by molar-refractivity contribution is 8.12. The Labute approximate surface area is 162 Å². The number of rotatable bonds is 1. The lowest BCUT2D eigenvalue weighted by atomic mass is 9.67. The summed E-state index contributed by atoms with van der Waals surface area (Å²) in [4.78, 5) is 9.22. The van der Waals surface area contributed by atoms with E-state index in [1.54, 1.807) is 18.0 Å². The molecule has 1 aromatic carbocycles. The number of pyridine rings is 1. The Morgan fingerprint density at radius 3 is 2.92 bits per heavy atom. The first kappa shape index (κ1) is 16.6. The zero-order valence-corrected chi connectivity index (χ0v) is 15.8. The average molecular weight is 386 g/mol. The number of hydrogen-bond donors (Lipinski definition) is 1. The molecule has 4 atom stereocenters. The van der Waals surface area contributed by atoms with Crippen molar-refractivity contribution in [1.82, 2.24) is 4.98 Å². The summed E-state index contributed by atoms with van der Waals surface area (Å²) < 4.78 is 6.41. The molecule has 2 N–H and O–H groups in total. The molecule has 1 saturated carbocycles. The number of benzene rings is 1. The molecule has 0 radical (unpaired) electrons. The van der Waals surface area contributed by atoms with Crippen molar-refractivity contribution in [1.29, 1.82) is 0 Å². The maximum Gasteiger partial charge on any atom is 0.125 e. The van der Waals surface area contributed by atoms with Crippen LogP contribution in [0.4, 0.5) is 0 Å². The summed E-state index contributed by atoms with van der Waals surface area (Å²) in [5.74, 6) is 2.24. The number of nitrogens with two attached hydrogens (primary N) is 1. The molecular formula is C20H20ClN3OS. The zero-order chi connectivity index (χ0) is 17.7. The Morgan fingerprint density at radius 1 is 1.19 bits per heavy atom. The molecule has 0 saturated heterocycles. The quantitative estimate of drug-likeness (QED) is 0.796. The van der Waals surface area contributed by atoms with Crippen LogP contribution in [0.1, 0.15) is 24.8 Å². The lowest BCUT2D eigenvalue weighted by Crippen LogP contribution is -2.52. The van der Waals surface area contributed by atoms with E-state index in [1.165, 1.54) is 5.56 Å². The van der Waals surface area contributed by atoms with Crippen LogP contribution in [0.2, 0.25) is 5.02 Å². The van der Waals surface area contributed by atoms with E-state index in [0.29, 0.717) is 10.9 Å². The molecule has 2 aliphatic heterocycles. The second-order valence-corrected chi connectivity index (χ2v) is 8.68. The summed E-state index contributed by atoms with van der Waals surface area (Å²) in [5, 5.41) is 0.638. The molecule has 6 heteroatoms. The molecular weight excluding hydrogens is 366 g/mol. The maximum atomic E-state index is 6.41. The first-order valence-corrected chi connectivity index (χ1v) is 10.4. The Bertz CT molecular complexity index is 889. The molecule has 0 amide bonds. The van der Waals surface area contributed by atoms with Gasteiger partial charge in [0.25, 0.3) is 0 Å². The van der Waals surface area contributed by atoms with Crippen LogP contribution in [0.15, 0.2) is 41.7 Å². The minimum absolute atomic E-state index is 0.205. The summed E-state index contributed by atoms with van der Waals surface area (Å²) in [7, 11) is 0. The Morgan fingerprint density at radius 2 is 2.12 bits per heavy atom. The molecule has 3 heterocycles. The van der Waals surface area contributed by atoms with Crippen LogP contribution < -0.4 is 10.5 Å². The Balaban J connectivity index is 1.64. The summed E-state index contributed by atoms with van der Waals surface area (Å²) in [6.07, 6.45) is 6.70. The normalized spacial score (nSPS) is 32.2. The fourth-order valence-electron chi connectivity index (χ4n) is 4.59. The molecule has 3 aliphatic rings. The van der Waals surface area contributed by atoms with Gasteiger partial charge in [-0.2, -0.15) is 0 Å². The lowest BCUT2D eigenvalue weighted by Gasteiger charge is -2.48. The van der Waals surface area contributed by atoms with Gasteiger partial charge in [-0.25, -0.2) is 0 Å². The van der Waals surface area contributed by atoms with Crippen molar-refractivity contribution in [2.75, 3.05) is 5.75 Å². The van der Waals surface area contributed by atoms with Gasteiger partial charge in [-0.05, 0) is 43.0 Å². The van der Waals surface area contributed by atoms with Crippen LogP contribution in [-0.4, -0.2) is 28.4 Å². The number of thioether (sulfide) groups is 1. The number of halogens is 1. The minimum atomic E-state index is -0.233. The molecule has 4 nitrogen and oxygen atoms in total. The maximum absolute atomic E-state index is 6.41. The molecule has 1 aliphatic carbocycles. The summed E-state index contributed by atoms with van der Waals surface area (Å²) in [6, 6.07) is 8.55. The number of nitrogens with zero attached hydrogens (tertiary/aromatic N) is 2. The highest BCUT2D eigenvalue weighted by atomic mass is 35.5. The number of aromatic nitrogens is 1. The van der Waals surface area contributed by atoms with E-state index < -0.39 is 0 Å². The van der Waals surface area contributed by atoms with Gasteiger partial charge in [-0.1, -0.05) is 17.7 Å². The first-order valence-electron chi connectivity index (χ1n) is 8.99. The van der Waals surface area contributed by atoms with E-state index in [1.807, 2.05) is 17.8 Å². The van der Waals surface area contributed by atoms with Crippen LogP contribution in [0.25, 0.3) is 11.1 Å². The van der Waals surface area contributed by atoms with Crippen molar-refractivity contribution in [2.45, 2.75) is 36.9 Å². The number of aliphatic imine (C=N–C) groups is 1. The molecule has 2 aromatic rings. The monoisotopic (exact) mass is 385 g/mol. The highest BCUT2D eigenvalue weighted by Crippen LogP contribution is 2.54. The SMILES string of the molecule is NC1CCC2Oc3ccc(-c4cncc(Cl)c4)cc3C3(CSC=N3)C2C1. The van der Waals surface area contributed by atoms with Crippen LogP contribution in [0.5, 0.6) is 5.75 Å². The number of ether oxygens (including phenoxy) is 1. The van der Waals surface area contributed by atoms with Crippen LogP contribution >= 0.6 is 23.4 Å². The molecule has 5 rings (SSSR count). The Hall–Kier alpha value is -1.56. The van der Waals surface area contributed by atoms with Gasteiger partial charge in [0.1, 0.15) is 17.4 Å². The van der Waals surface area contributed by atoms with Crippen molar-refractivity contribution < 1.29 is 4.74 Å². The molecule has 1 fully saturated rings. The van der Waals surface area contributed by atoms with Gasteiger partial charge >= 0.3 is 0 Å². The molecule has 0 bridgehead atoms. The van der Waals surface area contributed by atoms with E-state index in [2.05, 4.69) is 23.2 Å². The van der Waals surface area contributed by atoms with Crippen molar-refractivity contribution in [3.63, 3.8) is 0 Å². The van der Waals surface area contributed by atoms with Gasteiger partial charge < -0.3 is 10.5 Å². The standard InChI is InChI=1S/C20H20ClN3OS/c21-14-5-13(8-23-9-14)12-1-3-18-16(6-12)20(10-26-11-24-20)17-7-15(22)2-4-19(17)25-18/h1,3,5-6,8-9,11,15,17,19H,2,4,7,10,22H2. The lowest BCUT2D eigenvalue weighted by molar-refractivity contribution is 0.0207. The smallest absolute Gasteiger partial charge is 0.125 e. The molecule has 4 unspecified atom stereocenters. The zero-order valence-electron chi connectivity index (χ0n) is 14.3. The van der Waals surface area contributed by atoms with Gasteiger partial charge in [0, 0.05) is 41.2 Å². The van der Waals surface area contributed by atoms with E-state index in [0.717, 1.165) is 41.9 Å². The van der Waals surface area contributed by atoms with Crippen LogP contribution in [0.3, 0.4) is 0 Å². The predicted octanol–water partition coefficient (Wildman–Crippen LogP) is 4.26. The largest absolute Gasteiger partial charge is 0.490 e. The van der Waals surface area contributed by atoms with Crippen LogP contribution in [-0.2, 0) is 5.54 Å². The average Bonchev–Trinajstić information content (AvgIpc) is 3.13. The van der Waals surface area contributed by atoms with E-state index >= 15 is 0 Å². The summed E-state index contributed by atoms with van der Waals surface area (Å²) in [6.45, 7) is 0. The summed E-state index contributed by atoms with van der Waals surface area (Å²) in [5.41, 5.74) is 11.3. The second kappa shape index (κ2) is 6.25. The molecule has 1 spiro atoms. The van der Waals surface area contributed by atoms with Gasteiger partial charge in [0.2, 0.25) is 0 Å². The fraction of sp³-hybridized carbons (Fsp3) is 0.400. The van der Waals surface area contributed by atoms with Gasteiger partial charge in [-0.3, -0.25) is 9.98 Å². The second-order valence-electron chi connectivity index (χ2n) is 7.41. The third-order valence-corrected chi connectivity index (χ3v) is 6.93. The van der Waals surface area contributed by atoms with E-state index in [9.17, 15) is 0 Å². The first-order chi connectivity index (χ1) is 12.7. The highest BCUT2D eigenvalue weighted by Gasteiger charge is 2.53. The van der Waals surface area contributed by atoms with E-state index in [-0.39, 0.29) is 17.7 Å². The number of hydrogen-bond acceptors (Lipinski definition) is 5. The Kier molecular flexibility index (Phi) is 3.99. The van der Waals surface area contributed by atoms with Gasteiger partial charge in [0.15, 0.2) is 0 Å². The van der Waals surface area contributed by atoms with Crippen molar-refractivity contribution in [3.05, 3.63) is 47.2 Å². The van der Waals surface area contributed by atoms with Gasteiger partial charge in [0.05, 0.1) is 10.6 Å². The molecule has 26 heavy (non-hydrogen) atoms. The third kappa shape index (κ3) is 2.56. The topological polar surface area (TPSA) is 60.5 Å². The fourth-order valence-corrected chi connectivity index (χ4v) is 5.79. The molecule has 1 aromatic heterocycles. The number of fused-ring (bicyclic) bond motifs is 4. The minimum Gasteiger partial charge on any atom is -0.490 e. The van der Waals surface area contributed by atoms with Crippen LogP contribution in [0, 0.1) is 5.92 Å². The van der Waals surface area contributed by atoms with Gasteiger partial charge in [-0.15, -0.1) is 11.8 Å². The van der Waals surface area contributed by atoms with E-state index in [4.69, 9.17) is 27.1 Å².